The number of rotatable bonds is 5. The minimum atomic E-state index is -0.0841. The summed E-state index contributed by atoms with van der Waals surface area (Å²) in [4.78, 5) is 4.30. The molecule has 107 valence electrons. The van der Waals surface area contributed by atoms with Crippen LogP contribution in [0.1, 0.15) is 11.1 Å². The summed E-state index contributed by atoms with van der Waals surface area (Å²) in [6, 6.07) is 20.3. The number of hydrogen-bond acceptors (Lipinski definition) is 2. The summed E-state index contributed by atoms with van der Waals surface area (Å²) in [7, 11) is 1.98. The summed E-state index contributed by atoms with van der Waals surface area (Å²) in [5, 5.41) is 9.36. The average Bonchev–Trinajstić information content (AvgIpc) is 3.03. The van der Waals surface area contributed by atoms with E-state index in [2.05, 4.69) is 35.3 Å². The van der Waals surface area contributed by atoms with Gasteiger partial charge >= 0.3 is 0 Å². The maximum absolute atomic E-state index is 9.36. The van der Waals surface area contributed by atoms with Gasteiger partial charge in [0, 0.05) is 12.4 Å². The van der Waals surface area contributed by atoms with Gasteiger partial charge in [-0.2, -0.15) is 0 Å². The number of aliphatic hydroxyl groups excluding tert-OH is 1. The normalized spacial score (nSPS) is 11.4. The zero-order chi connectivity index (χ0) is 15.2. The highest BCUT2D eigenvalue weighted by molar-refractivity contribution is 6.73. The van der Waals surface area contributed by atoms with Crippen LogP contribution < -0.4 is 5.72 Å². The SMILES string of the molecule is OCn1ccnc1[B]C(=Cc1ccccc1)c1ccccc1. The molecule has 1 radical (unpaired) electrons. The number of nitrogens with zero attached hydrogens (tertiary/aromatic N) is 2. The molecule has 3 rings (SSSR count). The van der Waals surface area contributed by atoms with Gasteiger partial charge in [-0.3, -0.25) is 4.98 Å². The molecule has 0 unspecified atom stereocenters. The van der Waals surface area contributed by atoms with Crippen molar-refractivity contribution in [2.75, 3.05) is 0 Å². The van der Waals surface area contributed by atoms with Crippen LogP contribution >= 0.6 is 0 Å². The van der Waals surface area contributed by atoms with Gasteiger partial charge in [0.15, 0.2) is 0 Å². The Hall–Kier alpha value is -2.59. The van der Waals surface area contributed by atoms with Crippen LogP contribution in [0, 0.1) is 0 Å². The lowest BCUT2D eigenvalue weighted by Gasteiger charge is -2.09. The van der Waals surface area contributed by atoms with Crippen molar-refractivity contribution < 1.29 is 5.11 Å². The lowest BCUT2D eigenvalue weighted by molar-refractivity contribution is 0.213. The number of aromatic nitrogens is 2. The fourth-order valence-electron chi connectivity index (χ4n) is 2.29. The molecule has 4 heteroatoms. The molecule has 0 aliphatic heterocycles. The second-order valence-corrected chi connectivity index (χ2v) is 4.92. The molecule has 0 bridgehead atoms. The van der Waals surface area contributed by atoms with E-state index < -0.39 is 0 Å². The van der Waals surface area contributed by atoms with Crippen LogP contribution in [0.15, 0.2) is 73.1 Å². The van der Waals surface area contributed by atoms with Gasteiger partial charge in [0.2, 0.25) is 7.28 Å². The van der Waals surface area contributed by atoms with E-state index in [1.54, 1.807) is 17.0 Å². The highest BCUT2D eigenvalue weighted by atomic mass is 16.3. The highest BCUT2D eigenvalue weighted by Crippen LogP contribution is 2.16. The van der Waals surface area contributed by atoms with E-state index in [1.165, 1.54) is 0 Å². The summed E-state index contributed by atoms with van der Waals surface area (Å²) in [6.07, 6.45) is 5.57. The molecule has 0 saturated heterocycles. The first-order valence-corrected chi connectivity index (χ1v) is 7.16. The highest BCUT2D eigenvalue weighted by Gasteiger charge is 2.10. The first kappa shape index (κ1) is 14.4. The van der Waals surface area contributed by atoms with Crippen molar-refractivity contribution in [3.63, 3.8) is 0 Å². The average molecular weight is 287 g/mol. The molecular weight excluding hydrogens is 271 g/mol. The van der Waals surface area contributed by atoms with Gasteiger partial charge in [0.25, 0.3) is 0 Å². The van der Waals surface area contributed by atoms with Gasteiger partial charge in [-0.05, 0) is 11.1 Å². The quantitative estimate of drug-likeness (QED) is 0.578. The number of hydrogen-bond donors (Lipinski definition) is 1. The molecule has 0 fully saturated rings. The van der Waals surface area contributed by atoms with Crippen LogP contribution in [-0.2, 0) is 6.73 Å². The molecule has 0 amide bonds. The van der Waals surface area contributed by atoms with Crippen LogP contribution in [0.4, 0.5) is 0 Å². The Morgan fingerprint density at radius 1 is 1.05 bits per heavy atom. The van der Waals surface area contributed by atoms with Crippen molar-refractivity contribution in [1.29, 1.82) is 0 Å². The van der Waals surface area contributed by atoms with E-state index in [-0.39, 0.29) is 6.73 Å². The van der Waals surface area contributed by atoms with Crippen molar-refractivity contribution in [2.45, 2.75) is 6.73 Å². The Balaban J connectivity index is 1.99. The molecule has 0 saturated carbocycles. The first-order valence-electron chi connectivity index (χ1n) is 7.16. The van der Waals surface area contributed by atoms with E-state index in [4.69, 9.17) is 0 Å². The molecule has 22 heavy (non-hydrogen) atoms. The molecule has 1 heterocycles. The molecule has 0 aliphatic carbocycles. The molecule has 1 N–H and O–H groups in total. The van der Waals surface area contributed by atoms with Crippen molar-refractivity contribution in [2.24, 2.45) is 0 Å². The van der Waals surface area contributed by atoms with Crippen molar-refractivity contribution in [3.05, 3.63) is 84.2 Å². The minimum absolute atomic E-state index is 0.0841. The second-order valence-electron chi connectivity index (χ2n) is 4.92. The summed E-state index contributed by atoms with van der Waals surface area (Å²) < 4.78 is 1.70. The Labute approximate surface area is 130 Å². The lowest BCUT2D eigenvalue weighted by Crippen LogP contribution is -2.27. The van der Waals surface area contributed by atoms with E-state index in [9.17, 15) is 5.11 Å². The van der Waals surface area contributed by atoms with Gasteiger partial charge in [-0.15, -0.1) is 0 Å². The third-order valence-electron chi connectivity index (χ3n) is 3.41. The third-order valence-corrected chi connectivity index (χ3v) is 3.41. The number of aliphatic hydroxyl groups is 1. The topological polar surface area (TPSA) is 38.0 Å². The van der Waals surface area contributed by atoms with Crippen LogP contribution in [0.3, 0.4) is 0 Å². The van der Waals surface area contributed by atoms with Crippen LogP contribution in [0.25, 0.3) is 11.5 Å². The van der Waals surface area contributed by atoms with Crippen LogP contribution in [-0.4, -0.2) is 21.9 Å². The van der Waals surface area contributed by atoms with E-state index in [0.29, 0.717) is 0 Å². The fraction of sp³-hybridized carbons (Fsp3) is 0.0556. The Morgan fingerprint density at radius 3 is 2.41 bits per heavy atom. The fourth-order valence-corrected chi connectivity index (χ4v) is 2.29. The molecule has 0 atom stereocenters. The van der Waals surface area contributed by atoms with Gasteiger partial charge in [0.1, 0.15) is 6.73 Å². The first-order chi connectivity index (χ1) is 10.9. The maximum atomic E-state index is 9.36. The van der Waals surface area contributed by atoms with Gasteiger partial charge in [0.05, 0.1) is 5.72 Å². The predicted molar refractivity (Wildman–Crippen MR) is 90.6 cm³/mol. The number of benzene rings is 2. The standard InChI is InChI=1S/C18H16BN2O/c22-14-21-12-11-20-18(21)19-17(16-9-5-2-6-10-16)13-15-7-3-1-4-8-15/h1-13,22H,14H2. The number of imidazole rings is 1. The molecule has 0 spiro atoms. The zero-order valence-electron chi connectivity index (χ0n) is 12.1. The zero-order valence-corrected chi connectivity index (χ0v) is 12.1. The summed E-state index contributed by atoms with van der Waals surface area (Å²) in [5.74, 6) is 0. The molecule has 0 aliphatic rings. The Bertz CT molecular complexity index is 751. The van der Waals surface area contributed by atoms with Crippen molar-refractivity contribution in [3.8, 4) is 0 Å². The third kappa shape index (κ3) is 3.35. The monoisotopic (exact) mass is 287 g/mol. The second kappa shape index (κ2) is 6.92. The Morgan fingerprint density at radius 2 is 1.73 bits per heavy atom. The Kier molecular flexibility index (Phi) is 4.51. The predicted octanol–water partition coefficient (Wildman–Crippen LogP) is 2.36. The summed E-state index contributed by atoms with van der Waals surface area (Å²) in [6.45, 7) is -0.0841. The van der Waals surface area contributed by atoms with E-state index in [1.807, 2.05) is 43.7 Å². The lowest BCUT2D eigenvalue weighted by atomic mass is 9.65. The summed E-state index contributed by atoms with van der Waals surface area (Å²) >= 11 is 0. The largest absolute Gasteiger partial charge is 0.376 e. The van der Waals surface area contributed by atoms with Crippen LogP contribution in [0.2, 0.25) is 0 Å². The van der Waals surface area contributed by atoms with E-state index >= 15 is 0 Å². The summed E-state index contributed by atoms with van der Waals surface area (Å²) in [5.41, 5.74) is 4.01. The van der Waals surface area contributed by atoms with Gasteiger partial charge < -0.3 is 9.67 Å². The minimum Gasteiger partial charge on any atom is -0.376 e. The molecule has 3 nitrogen and oxygen atoms in total. The maximum Gasteiger partial charge on any atom is 0.241 e. The molecule has 3 aromatic rings. The smallest absolute Gasteiger partial charge is 0.241 e. The molecule has 1 aromatic heterocycles. The van der Waals surface area contributed by atoms with Crippen molar-refractivity contribution >= 4 is 24.6 Å². The van der Waals surface area contributed by atoms with Crippen LogP contribution in [0.5, 0.6) is 0 Å². The van der Waals surface area contributed by atoms with E-state index in [0.717, 1.165) is 22.3 Å². The van der Waals surface area contributed by atoms with Gasteiger partial charge in [-0.25, -0.2) is 0 Å². The molecule has 2 aromatic carbocycles. The molecular formula is C18H16BN2O. The van der Waals surface area contributed by atoms with Crippen molar-refractivity contribution in [1.82, 2.24) is 9.55 Å². The van der Waals surface area contributed by atoms with Gasteiger partial charge in [-0.1, -0.05) is 72.2 Å².